The van der Waals surface area contributed by atoms with Crippen LogP contribution in [0.25, 0.3) is 16.7 Å². The summed E-state index contributed by atoms with van der Waals surface area (Å²) in [5.41, 5.74) is 7.40. The van der Waals surface area contributed by atoms with Crippen LogP contribution in [0, 0.1) is 11.8 Å². The predicted octanol–water partition coefficient (Wildman–Crippen LogP) is 5.07. The van der Waals surface area contributed by atoms with E-state index in [9.17, 15) is 14.7 Å². The van der Waals surface area contributed by atoms with Crippen molar-refractivity contribution in [2.45, 2.75) is 39.0 Å². The van der Waals surface area contributed by atoms with E-state index in [1.807, 2.05) is 6.92 Å². The zero-order valence-electron chi connectivity index (χ0n) is 17.8. The van der Waals surface area contributed by atoms with Gasteiger partial charge < -0.3 is 14.6 Å². The molecule has 1 N–H and O–H groups in total. The number of carboxylic acid groups (broad SMARTS) is 1. The molecule has 2 atom stereocenters. The fourth-order valence-corrected chi connectivity index (χ4v) is 4.78. The number of rotatable bonds is 7. The number of hydrogen-bond donors (Lipinski definition) is 1. The fourth-order valence-electron chi connectivity index (χ4n) is 4.78. The highest BCUT2D eigenvalue weighted by molar-refractivity contribution is 5.83. The second-order valence-electron chi connectivity index (χ2n) is 8.34. The Kier molecular flexibility index (Phi) is 6.40. The van der Waals surface area contributed by atoms with Gasteiger partial charge in [-0.2, -0.15) is 0 Å². The van der Waals surface area contributed by atoms with E-state index in [1.165, 1.54) is 22.3 Å². The van der Waals surface area contributed by atoms with Crippen LogP contribution in [0.3, 0.4) is 0 Å². The first kappa shape index (κ1) is 21.2. The summed E-state index contributed by atoms with van der Waals surface area (Å²) in [6.07, 6.45) is 5.47. The minimum Gasteiger partial charge on any atom is -0.497 e. The number of carbonyl (C=O) groups excluding carboxylic acids is 1. The van der Waals surface area contributed by atoms with Gasteiger partial charge >= 0.3 is 11.9 Å². The monoisotopic (exact) mass is 420 g/mol. The normalized spacial score (nSPS) is 20.0. The molecule has 0 bridgehead atoms. The largest absolute Gasteiger partial charge is 0.497 e. The van der Waals surface area contributed by atoms with Gasteiger partial charge in [0.25, 0.3) is 0 Å². The molecular weight excluding hydrogens is 392 g/mol. The van der Waals surface area contributed by atoms with Gasteiger partial charge in [-0.1, -0.05) is 55.3 Å². The third-order valence-electron chi connectivity index (χ3n) is 6.37. The number of benzene rings is 2. The van der Waals surface area contributed by atoms with Crippen molar-refractivity contribution in [1.29, 1.82) is 0 Å². The second-order valence-corrected chi connectivity index (χ2v) is 8.34. The number of ether oxygens (including phenoxy) is 2. The number of esters is 1. The van der Waals surface area contributed by atoms with E-state index >= 15 is 0 Å². The highest BCUT2D eigenvalue weighted by Crippen LogP contribution is 2.39. The van der Waals surface area contributed by atoms with Crippen LogP contribution in [0.2, 0.25) is 0 Å². The molecule has 31 heavy (non-hydrogen) atoms. The van der Waals surface area contributed by atoms with Crippen molar-refractivity contribution in [1.82, 2.24) is 0 Å². The number of aliphatic carboxylic acids is 1. The van der Waals surface area contributed by atoms with Crippen molar-refractivity contribution >= 4 is 17.5 Å². The molecule has 5 nitrogen and oxygen atoms in total. The minimum atomic E-state index is -0.908. The van der Waals surface area contributed by atoms with Gasteiger partial charge in [0.1, 0.15) is 13.2 Å². The molecule has 2 aliphatic rings. The molecule has 1 saturated carbocycles. The maximum atomic E-state index is 12.3. The molecule has 2 aromatic carbocycles. The van der Waals surface area contributed by atoms with Gasteiger partial charge in [-0.05, 0) is 59.6 Å². The molecule has 2 aliphatic carbocycles. The van der Waals surface area contributed by atoms with Gasteiger partial charge in [0.05, 0.1) is 18.1 Å². The summed E-state index contributed by atoms with van der Waals surface area (Å²) < 4.78 is 11.0. The first-order valence-corrected chi connectivity index (χ1v) is 10.9. The molecule has 0 aliphatic heterocycles. The van der Waals surface area contributed by atoms with Gasteiger partial charge in [0.2, 0.25) is 0 Å². The lowest BCUT2D eigenvalue weighted by atomic mass is 9.79. The third-order valence-corrected chi connectivity index (χ3v) is 6.37. The van der Waals surface area contributed by atoms with Crippen molar-refractivity contribution in [2.24, 2.45) is 11.8 Å². The highest BCUT2D eigenvalue weighted by atomic mass is 16.6. The topological polar surface area (TPSA) is 72.8 Å². The SMILES string of the molecule is CC(=COCCOC(=O)C1CCCCC1C(=O)O)c1cccc2c1Cc1ccccc1-2. The Labute approximate surface area is 182 Å². The van der Waals surface area contributed by atoms with E-state index < -0.39 is 23.8 Å². The summed E-state index contributed by atoms with van der Waals surface area (Å²) >= 11 is 0. The molecule has 5 heteroatoms. The Hall–Kier alpha value is -3.08. The summed E-state index contributed by atoms with van der Waals surface area (Å²) in [7, 11) is 0. The average Bonchev–Trinajstić information content (AvgIpc) is 3.17. The van der Waals surface area contributed by atoms with Crippen molar-refractivity contribution in [3.05, 3.63) is 65.4 Å². The zero-order chi connectivity index (χ0) is 21.8. The summed E-state index contributed by atoms with van der Waals surface area (Å²) in [5.74, 6) is -2.50. The third kappa shape index (κ3) is 4.50. The molecule has 0 radical (unpaired) electrons. The quantitative estimate of drug-likeness (QED) is 0.328. The summed E-state index contributed by atoms with van der Waals surface area (Å²) in [5, 5.41) is 9.32. The average molecular weight is 421 g/mol. The Morgan fingerprint density at radius 3 is 2.55 bits per heavy atom. The van der Waals surface area contributed by atoms with Crippen molar-refractivity contribution < 1.29 is 24.2 Å². The number of carboxylic acids is 1. The minimum absolute atomic E-state index is 0.115. The van der Waals surface area contributed by atoms with Crippen LogP contribution in [-0.4, -0.2) is 30.3 Å². The van der Waals surface area contributed by atoms with Gasteiger partial charge in [-0.3, -0.25) is 9.59 Å². The van der Waals surface area contributed by atoms with Crippen molar-refractivity contribution in [3.8, 4) is 11.1 Å². The van der Waals surface area contributed by atoms with Gasteiger partial charge in [0.15, 0.2) is 0 Å². The van der Waals surface area contributed by atoms with Crippen LogP contribution >= 0.6 is 0 Å². The predicted molar refractivity (Wildman–Crippen MR) is 118 cm³/mol. The first-order valence-electron chi connectivity index (χ1n) is 10.9. The van der Waals surface area contributed by atoms with Gasteiger partial charge in [-0.15, -0.1) is 0 Å². The van der Waals surface area contributed by atoms with E-state index in [0.717, 1.165) is 30.4 Å². The smallest absolute Gasteiger partial charge is 0.309 e. The second kappa shape index (κ2) is 9.38. The van der Waals surface area contributed by atoms with Crippen molar-refractivity contribution in [2.75, 3.05) is 13.2 Å². The maximum absolute atomic E-state index is 12.3. The Bertz CT molecular complexity index is 1010. The number of hydrogen-bond acceptors (Lipinski definition) is 4. The molecule has 2 unspecified atom stereocenters. The lowest BCUT2D eigenvalue weighted by molar-refractivity contribution is -0.160. The van der Waals surface area contributed by atoms with E-state index in [-0.39, 0.29) is 13.2 Å². The summed E-state index contributed by atoms with van der Waals surface area (Å²) in [6, 6.07) is 14.8. The van der Waals surface area contributed by atoms with E-state index in [0.29, 0.717) is 12.8 Å². The molecule has 2 aromatic rings. The van der Waals surface area contributed by atoms with Crippen LogP contribution < -0.4 is 0 Å². The maximum Gasteiger partial charge on any atom is 0.309 e. The lowest BCUT2D eigenvalue weighted by Gasteiger charge is -2.26. The van der Waals surface area contributed by atoms with Crippen LogP contribution in [0.15, 0.2) is 48.7 Å². The van der Waals surface area contributed by atoms with E-state index in [4.69, 9.17) is 9.47 Å². The zero-order valence-corrected chi connectivity index (χ0v) is 17.8. The number of allylic oxidation sites excluding steroid dienone is 1. The van der Waals surface area contributed by atoms with Crippen LogP contribution in [0.1, 0.15) is 49.3 Å². The van der Waals surface area contributed by atoms with Crippen LogP contribution in [-0.2, 0) is 25.5 Å². The Morgan fingerprint density at radius 1 is 1.00 bits per heavy atom. The molecular formula is C26H28O5. The molecule has 0 saturated heterocycles. The first-order chi connectivity index (χ1) is 15.1. The number of carbonyl (C=O) groups is 2. The van der Waals surface area contributed by atoms with E-state index in [2.05, 4.69) is 42.5 Å². The molecule has 0 heterocycles. The lowest BCUT2D eigenvalue weighted by Crippen LogP contribution is -2.34. The van der Waals surface area contributed by atoms with Crippen LogP contribution in [0.4, 0.5) is 0 Å². The van der Waals surface area contributed by atoms with Gasteiger partial charge in [-0.25, -0.2) is 0 Å². The highest BCUT2D eigenvalue weighted by Gasteiger charge is 2.36. The standard InChI is InChI=1S/C26H28O5/c1-17(19-11-6-12-21-20-8-3-2-7-18(20)15-24(19)21)16-30-13-14-31-26(29)23-10-5-4-9-22(23)25(27)28/h2-3,6-8,11-12,16,22-23H,4-5,9-10,13-15H2,1H3,(H,27,28). The molecule has 0 amide bonds. The Morgan fingerprint density at radius 2 is 1.74 bits per heavy atom. The molecule has 0 spiro atoms. The van der Waals surface area contributed by atoms with E-state index in [1.54, 1.807) is 6.26 Å². The van der Waals surface area contributed by atoms with Gasteiger partial charge in [0, 0.05) is 0 Å². The number of fused-ring (bicyclic) bond motifs is 3. The molecule has 4 rings (SSSR count). The molecule has 0 aromatic heterocycles. The Balaban J connectivity index is 1.32. The fraction of sp³-hybridized carbons (Fsp3) is 0.385. The molecule has 162 valence electrons. The van der Waals surface area contributed by atoms with Crippen molar-refractivity contribution in [3.63, 3.8) is 0 Å². The van der Waals surface area contributed by atoms with Crippen LogP contribution in [0.5, 0.6) is 0 Å². The molecule has 1 fully saturated rings. The summed E-state index contributed by atoms with van der Waals surface area (Å²) in [4.78, 5) is 23.7. The summed E-state index contributed by atoms with van der Waals surface area (Å²) in [6.45, 7) is 2.37.